The van der Waals surface area contributed by atoms with Crippen LogP contribution in [-0.2, 0) is 14.3 Å². The number of piperidine rings is 1. The first-order chi connectivity index (χ1) is 16.9. The van der Waals surface area contributed by atoms with Crippen LogP contribution in [0.4, 0.5) is 0 Å². The molecule has 2 amide bonds. The highest BCUT2D eigenvalue weighted by atomic mass is 16.5. The van der Waals surface area contributed by atoms with Gasteiger partial charge in [0.2, 0.25) is 0 Å². The molecule has 35 heavy (non-hydrogen) atoms. The molecule has 1 heterocycles. The maximum atomic E-state index is 12.6. The summed E-state index contributed by atoms with van der Waals surface area (Å²) >= 11 is 0. The lowest BCUT2D eigenvalue weighted by Crippen LogP contribution is -2.38. The molecule has 0 N–H and O–H groups in total. The van der Waals surface area contributed by atoms with E-state index in [9.17, 15) is 14.4 Å². The topological polar surface area (TPSA) is 85.4 Å². The lowest BCUT2D eigenvalue weighted by Gasteiger charge is -2.26. The molecular weight excluding hydrogens is 448 g/mol. The van der Waals surface area contributed by atoms with Gasteiger partial charge in [0.1, 0.15) is 0 Å². The van der Waals surface area contributed by atoms with Gasteiger partial charge in [-0.05, 0) is 56.9 Å². The van der Waals surface area contributed by atoms with Crippen LogP contribution in [0.5, 0.6) is 11.5 Å². The van der Waals surface area contributed by atoms with Gasteiger partial charge in [0, 0.05) is 20.1 Å². The number of nitrogens with zero attached hydrogens (tertiary/aromatic N) is 2. The minimum atomic E-state index is -0.643. The van der Waals surface area contributed by atoms with Gasteiger partial charge < -0.3 is 24.0 Å². The highest BCUT2D eigenvalue weighted by molar-refractivity contribution is 5.92. The van der Waals surface area contributed by atoms with Crippen molar-refractivity contribution >= 4 is 17.8 Å². The van der Waals surface area contributed by atoms with Crippen LogP contribution in [0.2, 0.25) is 0 Å². The van der Waals surface area contributed by atoms with Gasteiger partial charge in [-0.2, -0.15) is 0 Å². The molecule has 2 aromatic carbocycles. The van der Waals surface area contributed by atoms with Crippen molar-refractivity contribution in [1.29, 1.82) is 0 Å². The van der Waals surface area contributed by atoms with Crippen LogP contribution in [0.3, 0.4) is 0 Å². The Labute approximate surface area is 206 Å². The smallest absolute Gasteiger partial charge is 0.338 e. The van der Waals surface area contributed by atoms with Gasteiger partial charge in [-0.1, -0.05) is 30.3 Å². The van der Waals surface area contributed by atoms with Crippen molar-refractivity contribution in [3.63, 3.8) is 0 Å². The summed E-state index contributed by atoms with van der Waals surface area (Å²) in [5, 5.41) is 0. The summed E-state index contributed by atoms with van der Waals surface area (Å²) in [6.45, 7) is 5.12. The number of likely N-dealkylation sites (N-methyl/N-ethyl adjacent to an activating group) is 1. The Morgan fingerprint density at radius 3 is 2.34 bits per heavy atom. The van der Waals surface area contributed by atoms with Crippen LogP contribution in [0.15, 0.2) is 48.5 Å². The van der Waals surface area contributed by atoms with Crippen molar-refractivity contribution in [3.8, 4) is 11.5 Å². The zero-order chi connectivity index (χ0) is 25.2. The Bertz CT molecular complexity index is 1000. The normalized spacial score (nSPS) is 14.1. The van der Waals surface area contributed by atoms with Crippen molar-refractivity contribution in [1.82, 2.24) is 9.80 Å². The van der Waals surface area contributed by atoms with Crippen molar-refractivity contribution < 1.29 is 28.6 Å². The van der Waals surface area contributed by atoms with E-state index < -0.39 is 5.97 Å². The summed E-state index contributed by atoms with van der Waals surface area (Å²) in [6.07, 6.45) is 3.16. The molecule has 3 rings (SSSR count). The van der Waals surface area contributed by atoms with Crippen LogP contribution in [0, 0.1) is 0 Å². The molecule has 0 aliphatic carbocycles. The number of carbonyl (C=O) groups excluding carboxylic acids is 3. The maximum absolute atomic E-state index is 12.6. The number of likely N-dealkylation sites (tertiary alicyclic amines) is 1. The zero-order valence-corrected chi connectivity index (χ0v) is 20.7. The highest BCUT2D eigenvalue weighted by Crippen LogP contribution is 2.29. The van der Waals surface area contributed by atoms with Crippen LogP contribution < -0.4 is 9.47 Å². The van der Waals surface area contributed by atoms with Gasteiger partial charge in [-0.25, -0.2) is 4.79 Å². The fourth-order valence-corrected chi connectivity index (χ4v) is 3.88. The van der Waals surface area contributed by atoms with E-state index in [1.54, 1.807) is 18.0 Å². The van der Waals surface area contributed by atoms with Crippen LogP contribution in [0.25, 0.3) is 0 Å². The van der Waals surface area contributed by atoms with E-state index in [1.807, 2.05) is 49.1 Å². The largest absolute Gasteiger partial charge is 0.490 e. The van der Waals surface area contributed by atoms with E-state index in [4.69, 9.17) is 14.2 Å². The number of esters is 1. The predicted molar refractivity (Wildman–Crippen MR) is 131 cm³/mol. The quantitative estimate of drug-likeness (QED) is 0.478. The molecule has 2 aromatic rings. The van der Waals surface area contributed by atoms with Crippen LogP contribution in [-0.4, -0.2) is 67.5 Å². The number of rotatable bonds is 10. The monoisotopic (exact) mass is 482 g/mol. The van der Waals surface area contributed by atoms with E-state index in [-0.39, 0.29) is 36.6 Å². The SMILES string of the molecule is CCOc1cc(C(=O)OCC(=O)N(C)C(C)c2ccccc2)ccc1OCC(=O)N1CCCCC1. The first kappa shape index (κ1) is 26.1. The molecule has 0 spiro atoms. The number of benzene rings is 2. The molecule has 1 fully saturated rings. The molecule has 0 saturated carbocycles. The van der Waals surface area contributed by atoms with Gasteiger partial charge in [0.25, 0.3) is 11.8 Å². The molecule has 1 unspecified atom stereocenters. The van der Waals surface area contributed by atoms with Crippen LogP contribution in [0.1, 0.15) is 55.1 Å². The average molecular weight is 483 g/mol. The Morgan fingerprint density at radius 1 is 0.943 bits per heavy atom. The molecular formula is C27H34N2O6. The van der Waals surface area contributed by atoms with Crippen molar-refractivity contribution in [2.75, 3.05) is 40.0 Å². The minimum Gasteiger partial charge on any atom is -0.490 e. The minimum absolute atomic E-state index is 0.0667. The summed E-state index contributed by atoms with van der Waals surface area (Å²) in [5.74, 6) is -0.300. The molecule has 0 bridgehead atoms. The third-order valence-electron chi connectivity index (χ3n) is 6.12. The molecule has 1 aliphatic rings. The third-order valence-corrected chi connectivity index (χ3v) is 6.12. The molecule has 1 saturated heterocycles. The predicted octanol–water partition coefficient (Wildman–Crippen LogP) is 3.85. The summed E-state index contributed by atoms with van der Waals surface area (Å²) in [5.41, 5.74) is 1.22. The van der Waals surface area contributed by atoms with E-state index in [0.29, 0.717) is 18.1 Å². The molecule has 1 aliphatic heterocycles. The molecule has 1 atom stereocenters. The fraction of sp³-hybridized carbons (Fsp3) is 0.444. The summed E-state index contributed by atoms with van der Waals surface area (Å²) in [6, 6.07) is 14.1. The summed E-state index contributed by atoms with van der Waals surface area (Å²) in [4.78, 5) is 40.9. The number of carbonyl (C=O) groups is 3. The van der Waals surface area contributed by atoms with Crippen molar-refractivity contribution in [3.05, 3.63) is 59.7 Å². The molecule has 0 aromatic heterocycles. The van der Waals surface area contributed by atoms with Gasteiger partial charge in [-0.3, -0.25) is 9.59 Å². The van der Waals surface area contributed by atoms with E-state index >= 15 is 0 Å². The summed E-state index contributed by atoms with van der Waals surface area (Å²) in [7, 11) is 1.68. The second kappa shape index (κ2) is 12.8. The Hall–Kier alpha value is -3.55. The maximum Gasteiger partial charge on any atom is 0.338 e. The van der Waals surface area contributed by atoms with Crippen molar-refractivity contribution in [2.24, 2.45) is 0 Å². The fourth-order valence-electron chi connectivity index (χ4n) is 3.88. The van der Waals surface area contributed by atoms with Crippen LogP contribution >= 0.6 is 0 Å². The second-order valence-corrected chi connectivity index (χ2v) is 8.49. The van der Waals surface area contributed by atoms with Crippen molar-refractivity contribution in [2.45, 2.75) is 39.2 Å². The zero-order valence-electron chi connectivity index (χ0n) is 20.7. The molecule has 0 radical (unpaired) electrons. The standard InChI is InChI=1S/C27H34N2O6/c1-4-33-24-17-22(13-14-23(24)34-19-26(31)29-15-9-6-10-16-29)27(32)35-18-25(30)28(3)20(2)21-11-7-5-8-12-21/h5,7-8,11-14,17,20H,4,6,9-10,15-16,18-19H2,1-3H3. The van der Waals surface area contributed by atoms with Gasteiger partial charge >= 0.3 is 5.97 Å². The van der Waals surface area contributed by atoms with Gasteiger partial charge in [-0.15, -0.1) is 0 Å². The number of hydrogen-bond donors (Lipinski definition) is 0. The Morgan fingerprint density at radius 2 is 1.66 bits per heavy atom. The highest BCUT2D eigenvalue weighted by Gasteiger charge is 2.21. The van der Waals surface area contributed by atoms with Gasteiger partial charge in [0.15, 0.2) is 24.7 Å². The first-order valence-electron chi connectivity index (χ1n) is 12.1. The molecule has 8 heteroatoms. The first-order valence-corrected chi connectivity index (χ1v) is 12.1. The average Bonchev–Trinajstić information content (AvgIpc) is 2.90. The number of amides is 2. The summed E-state index contributed by atoms with van der Waals surface area (Å²) < 4.78 is 16.6. The Balaban J connectivity index is 1.57. The lowest BCUT2D eigenvalue weighted by atomic mass is 10.1. The number of ether oxygens (including phenoxy) is 3. The van der Waals surface area contributed by atoms with E-state index in [0.717, 1.165) is 37.9 Å². The number of hydrogen-bond acceptors (Lipinski definition) is 6. The van der Waals surface area contributed by atoms with Gasteiger partial charge in [0.05, 0.1) is 18.2 Å². The lowest BCUT2D eigenvalue weighted by molar-refractivity contribution is -0.135. The molecule has 188 valence electrons. The van der Waals surface area contributed by atoms with E-state index in [1.165, 1.54) is 12.1 Å². The Kier molecular flexibility index (Phi) is 9.52. The van der Waals surface area contributed by atoms with E-state index in [2.05, 4.69) is 0 Å². The second-order valence-electron chi connectivity index (χ2n) is 8.49. The third kappa shape index (κ3) is 7.21. The molecule has 8 nitrogen and oxygen atoms in total.